The number of carbonyl (C=O) groups excluding carboxylic acids is 2. The van der Waals surface area contributed by atoms with Gasteiger partial charge in [0.2, 0.25) is 0 Å². The van der Waals surface area contributed by atoms with Crippen molar-refractivity contribution in [1.82, 2.24) is 0 Å². The molecule has 9 atom stereocenters. The van der Waals surface area contributed by atoms with Crippen molar-refractivity contribution in [2.45, 2.75) is 172 Å². The molecule has 17 nitrogen and oxygen atoms in total. The smallest absolute Gasteiger partial charge is 0.462 e. The highest BCUT2D eigenvalue weighted by Crippen LogP contribution is 2.49. The van der Waals surface area contributed by atoms with E-state index in [9.17, 15) is 58.9 Å². The highest BCUT2D eigenvalue weighted by atomic mass is 31.2. The zero-order valence-electron chi connectivity index (χ0n) is 39.6. The first-order chi connectivity index (χ1) is 32.5. The van der Waals surface area contributed by atoms with E-state index in [1.165, 1.54) is 0 Å². The number of ether oxygens (including phenoxy) is 2. The summed E-state index contributed by atoms with van der Waals surface area (Å²) in [6, 6.07) is 0. The third-order valence-corrected chi connectivity index (χ3v) is 11.4. The number of hydrogen-bond acceptors (Lipinski definition) is 14. The molecular formula is C49H78O17P2. The standard InChI is InChI=1S/C49H78O17P2/c1-3-5-7-9-11-13-15-17-18-19-20-22-24-26-28-30-32-36-42(51)62-38-41(39-63-68(60,61)66-49-46(55)44(53)45(54)48(47(49)56)65-67(57,58)59)64-43(52)37-33-35-40(50)34-31-29-27-25-23-21-16-14-12-10-8-6-4-2/h5-8,11-14,17-18,20-23,27,29,31,34,40-41,44-50,53-56H,3-4,9-10,15-16,19,24-26,28,30,32-33,35-39H2,1-2H3,(H,60,61)(H2,57,58,59)/b7-5-,8-6-,13-11-,14-12-,18-17-,22-20-,23-21-,29-27-,34-31+/t40?,41-,44?,45?,46?,47?,48-,49+/m1/s1. The van der Waals surface area contributed by atoms with Crippen LogP contribution in [0.25, 0.3) is 0 Å². The van der Waals surface area contributed by atoms with Crippen LogP contribution < -0.4 is 0 Å². The van der Waals surface area contributed by atoms with E-state index in [2.05, 4.69) is 97.4 Å². The van der Waals surface area contributed by atoms with Gasteiger partial charge in [-0.15, -0.1) is 0 Å². The van der Waals surface area contributed by atoms with Gasteiger partial charge in [0.25, 0.3) is 0 Å². The summed E-state index contributed by atoms with van der Waals surface area (Å²) in [5, 5.41) is 51.6. The zero-order valence-corrected chi connectivity index (χ0v) is 41.4. The first kappa shape index (κ1) is 62.6. The molecule has 0 aromatic heterocycles. The number of phosphoric ester groups is 2. The van der Waals surface area contributed by atoms with Crippen LogP contribution in [0.2, 0.25) is 0 Å². The van der Waals surface area contributed by atoms with Crippen LogP contribution in [-0.2, 0) is 41.8 Å². The lowest BCUT2D eigenvalue weighted by Crippen LogP contribution is -2.64. The fraction of sp³-hybridized carbons (Fsp3) is 0.592. The minimum atomic E-state index is -5.40. The highest BCUT2D eigenvalue weighted by Gasteiger charge is 2.54. The summed E-state index contributed by atoms with van der Waals surface area (Å²) in [7, 11) is -10.8. The molecule has 19 heteroatoms. The van der Waals surface area contributed by atoms with Crippen molar-refractivity contribution in [3.63, 3.8) is 0 Å². The van der Waals surface area contributed by atoms with Crippen LogP contribution in [0, 0.1) is 0 Å². The molecule has 1 aliphatic carbocycles. The molecule has 0 aromatic carbocycles. The normalized spacial score (nSPS) is 22.7. The highest BCUT2D eigenvalue weighted by molar-refractivity contribution is 7.47. The first-order valence-electron chi connectivity index (χ1n) is 23.5. The summed E-state index contributed by atoms with van der Waals surface area (Å²) in [5.41, 5.74) is 0. The average molecular weight is 1000 g/mol. The van der Waals surface area contributed by atoms with Crippen molar-refractivity contribution >= 4 is 27.6 Å². The number of esters is 2. The second-order valence-corrected chi connectivity index (χ2v) is 18.5. The minimum Gasteiger partial charge on any atom is -0.462 e. The molecule has 1 saturated carbocycles. The Hall–Kier alpha value is -3.38. The quantitative estimate of drug-likeness (QED) is 0.00965. The lowest BCUT2D eigenvalue weighted by Gasteiger charge is -2.43. The Labute approximate surface area is 402 Å². The van der Waals surface area contributed by atoms with E-state index in [-0.39, 0.29) is 25.7 Å². The SMILES string of the molecule is CC/C=C\C/C=C\C/C=C\C/C=C\C=C\C(O)CCCC(=O)O[C@H](COC(=O)CCCCCC/C=C\C/C=C\C/C=C\C/C=C\CC)COP(=O)(O)O[C@H]1C(O)C(O)C(O)[C@@H](OP(=O)(O)O)C1O. The Kier molecular flexibility index (Phi) is 35.4. The molecule has 68 heavy (non-hydrogen) atoms. The van der Waals surface area contributed by atoms with E-state index in [0.29, 0.717) is 12.8 Å². The Morgan fingerprint density at radius 1 is 0.544 bits per heavy atom. The lowest BCUT2D eigenvalue weighted by atomic mass is 9.85. The second kappa shape index (κ2) is 38.4. The van der Waals surface area contributed by atoms with Crippen molar-refractivity contribution in [3.05, 3.63) is 109 Å². The molecule has 0 bridgehead atoms. The summed E-state index contributed by atoms with van der Waals surface area (Å²) in [5.74, 6) is -1.45. The summed E-state index contributed by atoms with van der Waals surface area (Å²) in [6.45, 7) is 2.68. The first-order valence-corrected chi connectivity index (χ1v) is 26.6. The van der Waals surface area contributed by atoms with Crippen molar-refractivity contribution < 1.29 is 82.0 Å². The number of hydrogen-bond donors (Lipinski definition) is 8. The number of allylic oxidation sites excluding steroid dienone is 17. The molecule has 386 valence electrons. The van der Waals surface area contributed by atoms with Crippen LogP contribution in [0.15, 0.2) is 109 Å². The molecule has 1 rings (SSSR count). The van der Waals surface area contributed by atoms with Crippen LogP contribution in [0.4, 0.5) is 0 Å². The van der Waals surface area contributed by atoms with Gasteiger partial charge in [-0.3, -0.25) is 23.2 Å². The van der Waals surface area contributed by atoms with Crippen LogP contribution >= 0.6 is 15.6 Å². The van der Waals surface area contributed by atoms with Gasteiger partial charge < -0.3 is 49.7 Å². The number of aliphatic hydroxyl groups excluding tert-OH is 5. The Bertz CT molecular complexity index is 1750. The number of carbonyl (C=O) groups is 2. The van der Waals surface area contributed by atoms with Crippen LogP contribution in [0.1, 0.15) is 123 Å². The molecule has 0 aliphatic heterocycles. The monoisotopic (exact) mass is 1000 g/mol. The van der Waals surface area contributed by atoms with Gasteiger partial charge in [0.05, 0.1) is 12.7 Å². The minimum absolute atomic E-state index is 0.0445. The fourth-order valence-electron chi connectivity index (χ4n) is 6.34. The van der Waals surface area contributed by atoms with E-state index < -0.39 is 89.6 Å². The van der Waals surface area contributed by atoms with Crippen LogP contribution in [-0.4, -0.2) is 114 Å². The third-order valence-electron chi connectivity index (χ3n) is 9.95. The molecule has 8 N–H and O–H groups in total. The van der Waals surface area contributed by atoms with Gasteiger partial charge in [-0.1, -0.05) is 136 Å². The summed E-state index contributed by atoms with van der Waals surface area (Å²) in [6.07, 6.45) is 32.1. The Morgan fingerprint density at radius 3 is 1.57 bits per heavy atom. The molecule has 0 amide bonds. The summed E-state index contributed by atoms with van der Waals surface area (Å²) < 4.78 is 49.2. The molecule has 6 unspecified atom stereocenters. The predicted octanol–water partition coefficient (Wildman–Crippen LogP) is 7.92. The van der Waals surface area contributed by atoms with Crippen LogP contribution in [0.5, 0.6) is 0 Å². The number of unbranched alkanes of at least 4 members (excludes halogenated alkanes) is 4. The molecular weight excluding hydrogens is 922 g/mol. The maximum absolute atomic E-state index is 13.0. The zero-order chi connectivity index (χ0) is 50.5. The molecule has 0 aromatic rings. The fourth-order valence-corrected chi connectivity index (χ4v) is 7.88. The van der Waals surface area contributed by atoms with Gasteiger partial charge in [0.15, 0.2) is 6.10 Å². The lowest BCUT2D eigenvalue weighted by molar-refractivity contribution is -0.216. The number of phosphoric acid groups is 2. The molecule has 0 saturated heterocycles. The van der Waals surface area contributed by atoms with Gasteiger partial charge >= 0.3 is 27.6 Å². The van der Waals surface area contributed by atoms with Gasteiger partial charge in [-0.2, -0.15) is 0 Å². The van der Waals surface area contributed by atoms with E-state index in [4.69, 9.17) is 18.5 Å². The van der Waals surface area contributed by atoms with E-state index in [0.717, 1.165) is 70.6 Å². The summed E-state index contributed by atoms with van der Waals surface area (Å²) >= 11 is 0. The van der Waals surface area contributed by atoms with Gasteiger partial charge in [0, 0.05) is 12.8 Å². The number of aliphatic hydroxyl groups is 5. The van der Waals surface area contributed by atoms with E-state index in [1.807, 2.05) is 12.2 Å². The maximum Gasteiger partial charge on any atom is 0.472 e. The largest absolute Gasteiger partial charge is 0.472 e. The van der Waals surface area contributed by atoms with E-state index >= 15 is 0 Å². The Balaban J connectivity index is 2.71. The molecule has 0 heterocycles. The molecule has 1 aliphatic rings. The third kappa shape index (κ3) is 32.4. The van der Waals surface area contributed by atoms with Crippen LogP contribution in [0.3, 0.4) is 0 Å². The topological polar surface area (TPSA) is 276 Å². The van der Waals surface area contributed by atoms with Crippen molar-refractivity contribution in [3.8, 4) is 0 Å². The summed E-state index contributed by atoms with van der Waals surface area (Å²) in [4.78, 5) is 54.3. The Morgan fingerprint density at radius 2 is 1.03 bits per heavy atom. The average Bonchev–Trinajstić information content (AvgIpc) is 3.29. The van der Waals surface area contributed by atoms with Gasteiger partial charge in [-0.05, 0) is 83.5 Å². The molecule has 1 fully saturated rings. The second-order valence-electron chi connectivity index (χ2n) is 15.9. The van der Waals surface area contributed by atoms with Crippen molar-refractivity contribution in [2.24, 2.45) is 0 Å². The number of rotatable bonds is 37. The molecule has 0 radical (unpaired) electrons. The maximum atomic E-state index is 13.0. The van der Waals surface area contributed by atoms with Gasteiger partial charge in [-0.25, -0.2) is 9.13 Å². The van der Waals surface area contributed by atoms with Crippen molar-refractivity contribution in [2.75, 3.05) is 13.2 Å². The van der Waals surface area contributed by atoms with Crippen molar-refractivity contribution in [1.29, 1.82) is 0 Å². The molecule has 0 spiro atoms. The predicted molar refractivity (Wildman–Crippen MR) is 261 cm³/mol. The van der Waals surface area contributed by atoms with Gasteiger partial charge in [0.1, 0.15) is 43.2 Å². The van der Waals surface area contributed by atoms with E-state index in [1.54, 1.807) is 18.2 Å².